The van der Waals surface area contributed by atoms with Gasteiger partial charge in [0.05, 0.1) is 12.0 Å². The van der Waals surface area contributed by atoms with E-state index in [9.17, 15) is 0 Å². The number of thioether (sulfide) groups is 1. The van der Waals surface area contributed by atoms with Crippen LogP contribution in [0.3, 0.4) is 0 Å². The zero-order chi connectivity index (χ0) is 15.4. The number of nitrogen functional groups attached to an aromatic ring is 1. The summed E-state index contributed by atoms with van der Waals surface area (Å²) in [7, 11) is 0. The maximum Gasteiger partial charge on any atom is 0.218 e. The van der Waals surface area contributed by atoms with Crippen molar-refractivity contribution in [3.05, 3.63) is 24.2 Å². The first-order valence-electron chi connectivity index (χ1n) is 6.91. The normalized spacial score (nSPS) is 11.1. The highest BCUT2D eigenvalue weighted by Gasteiger charge is 2.15. The number of hydrogen-bond acceptors (Lipinski definition) is 8. The number of furan rings is 1. The largest absolute Gasteiger partial charge is 0.461 e. The zero-order valence-electron chi connectivity index (χ0n) is 12.1. The van der Waals surface area contributed by atoms with Gasteiger partial charge in [-0.2, -0.15) is 0 Å². The van der Waals surface area contributed by atoms with Crippen LogP contribution < -0.4 is 5.84 Å². The highest BCUT2D eigenvalue weighted by Crippen LogP contribution is 2.23. The molecule has 116 valence electrons. The van der Waals surface area contributed by atoms with E-state index >= 15 is 0 Å². The smallest absolute Gasteiger partial charge is 0.218 e. The second-order valence-corrected chi connectivity index (χ2v) is 5.56. The van der Waals surface area contributed by atoms with Crippen LogP contribution in [-0.2, 0) is 12.3 Å². The van der Waals surface area contributed by atoms with Gasteiger partial charge in [-0.1, -0.05) is 25.1 Å². The fraction of sp³-hybridized carbons (Fsp3) is 0.417. The molecule has 0 atom stereocenters. The predicted octanol–water partition coefficient (Wildman–Crippen LogP) is 1.33. The third-order valence-corrected chi connectivity index (χ3v) is 4.01. The maximum absolute atomic E-state index is 6.00. The summed E-state index contributed by atoms with van der Waals surface area (Å²) >= 11 is 1.43. The molecule has 9 nitrogen and oxygen atoms in total. The fourth-order valence-electron chi connectivity index (χ4n) is 1.89. The minimum absolute atomic E-state index is 0.484. The number of aryl methyl sites for hydroxylation is 1. The van der Waals surface area contributed by atoms with E-state index in [1.165, 1.54) is 16.4 Å². The SMILES string of the molecule is CCCCn1nnnc1CSc1nnc(-c2ccco2)n1N. The van der Waals surface area contributed by atoms with Crippen molar-refractivity contribution in [3.8, 4) is 11.6 Å². The lowest BCUT2D eigenvalue weighted by Crippen LogP contribution is -2.11. The molecule has 0 bridgehead atoms. The van der Waals surface area contributed by atoms with E-state index in [2.05, 4.69) is 32.6 Å². The molecule has 0 saturated heterocycles. The minimum atomic E-state index is 0.484. The molecule has 3 heterocycles. The Labute approximate surface area is 130 Å². The molecule has 0 aliphatic rings. The van der Waals surface area contributed by atoms with Crippen molar-refractivity contribution >= 4 is 11.8 Å². The van der Waals surface area contributed by atoms with Crippen LogP contribution in [-0.4, -0.2) is 35.1 Å². The Morgan fingerprint density at radius 1 is 1.32 bits per heavy atom. The molecule has 0 unspecified atom stereocenters. The van der Waals surface area contributed by atoms with Crippen LogP contribution in [0.15, 0.2) is 28.0 Å². The van der Waals surface area contributed by atoms with Crippen molar-refractivity contribution < 1.29 is 4.42 Å². The molecule has 0 radical (unpaired) electrons. The Kier molecular flexibility index (Phi) is 4.37. The number of rotatable bonds is 7. The van der Waals surface area contributed by atoms with Gasteiger partial charge in [0.1, 0.15) is 0 Å². The van der Waals surface area contributed by atoms with E-state index < -0.39 is 0 Å². The Balaban J connectivity index is 1.69. The van der Waals surface area contributed by atoms with E-state index in [0.717, 1.165) is 25.2 Å². The van der Waals surface area contributed by atoms with Gasteiger partial charge in [-0.3, -0.25) is 0 Å². The van der Waals surface area contributed by atoms with E-state index in [-0.39, 0.29) is 0 Å². The molecule has 3 aromatic heterocycles. The third kappa shape index (κ3) is 2.96. The first-order chi connectivity index (χ1) is 10.8. The molecule has 10 heteroatoms. The monoisotopic (exact) mass is 320 g/mol. The summed E-state index contributed by atoms with van der Waals surface area (Å²) in [4.78, 5) is 0. The van der Waals surface area contributed by atoms with Gasteiger partial charge < -0.3 is 10.3 Å². The number of aromatic nitrogens is 7. The van der Waals surface area contributed by atoms with E-state index in [0.29, 0.717) is 22.5 Å². The van der Waals surface area contributed by atoms with Gasteiger partial charge in [0, 0.05) is 6.54 Å². The lowest BCUT2D eigenvalue weighted by molar-refractivity contribution is 0.540. The zero-order valence-corrected chi connectivity index (χ0v) is 12.9. The Hall–Kier alpha value is -2.36. The van der Waals surface area contributed by atoms with Crippen molar-refractivity contribution in [1.29, 1.82) is 0 Å². The molecule has 0 aromatic carbocycles. The lowest BCUT2D eigenvalue weighted by Gasteiger charge is -2.03. The quantitative estimate of drug-likeness (QED) is 0.512. The molecule has 2 N–H and O–H groups in total. The van der Waals surface area contributed by atoms with E-state index in [1.54, 1.807) is 23.1 Å². The van der Waals surface area contributed by atoms with Crippen LogP contribution in [0, 0.1) is 0 Å². The van der Waals surface area contributed by atoms with Gasteiger partial charge >= 0.3 is 0 Å². The molecular weight excluding hydrogens is 304 g/mol. The molecule has 22 heavy (non-hydrogen) atoms. The summed E-state index contributed by atoms with van der Waals surface area (Å²) in [5.41, 5.74) is 0. The summed E-state index contributed by atoms with van der Waals surface area (Å²) in [6.07, 6.45) is 3.70. The lowest BCUT2D eigenvalue weighted by atomic mass is 10.3. The molecule has 0 aliphatic carbocycles. The molecule has 0 spiro atoms. The Morgan fingerprint density at radius 2 is 2.23 bits per heavy atom. The fourth-order valence-corrected chi connectivity index (χ4v) is 2.68. The average molecular weight is 320 g/mol. The van der Waals surface area contributed by atoms with Gasteiger partial charge in [-0.25, -0.2) is 9.36 Å². The molecule has 3 aromatic rings. The molecular formula is C12H16N8OS. The van der Waals surface area contributed by atoms with E-state index in [1.807, 2.05) is 0 Å². The average Bonchev–Trinajstić information content (AvgIpc) is 3.24. The highest BCUT2D eigenvalue weighted by atomic mass is 32.2. The van der Waals surface area contributed by atoms with Crippen LogP contribution in [0.25, 0.3) is 11.6 Å². The summed E-state index contributed by atoms with van der Waals surface area (Å²) in [5.74, 6) is 8.43. The maximum atomic E-state index is 6.00. The number of hydrogen-bond donors (Lipinski definition) is 1. The molecule has 0 aliphatic heterocycles. The van der Waals surface area contributed by atoms with Crippen molar-refractivity contribution in [1.82, 2.24) is 35.1 Å². The third-order valence-electron chi connectivity index (χ3n) is 3.07. The van der Waals surface area contributed by atoms with Crippen LogP contribution in [0.1, 0.15) is 25.6 Å². The second kappa shape index (κ2) is 6.60. The van der Waals surface area contributed by atoms with Gasteiger partial charge in [0.2, 0.25) is 11.0 Å². The first-order valence-corrected chi connectivity index (χ1v) is 7.90. The van der Waals surface area contributed by atoms with Crippen LogP contribution in [0.5, 0.6) is 0 Å². The highest BCUT2D eigenvalue weighted by molar-refractivity contribution is 7.98. The first kappa shape index (κ1) is 14.6. The number of nitrogens with two attached hydrogens (primary N) is 1. The summed E-state index contributed by atoms with van der Waals surface area (Å²) in [5, 5.41) is 20.4. The van der Waals surface area contributed by atoms with E-state index in [4.69, 9.17) is 10.3 Å². The number of nitrogens with zero attached hydrogens (tertiary/aromatic N) is 7. The Morgan fingerprint density at radius 3 is 3.00 bits per heavy atom. The van der Waals surface area contributed by atoms with Crippen molar-refractivity contribution in [3.63, 3.8) is 0 Å². The van der Waals surface area contributed by atoms with Gasteiger partial charge in [0.25, 0.3) is 0 Å². The number of tetrazole rings is 1. The van der Waals surface area contributed by atoms with Crippen LogP contribution in [0.2, 0.25) is 0 Å². The molecule has 0 saturated carbocycles. The number of unbranched alkanes of at least 4 members (excludes halogenated alkanes) is 1. The summed E-state index contributed by atoms with van der Waals surface area (Å²) in [6.45, 7) is 2.94. The molecule has 0 fully saturated rings. The standard InChI is InChI=1S/C12H16N8OS/c1-2-3-6-19-10(14-17-18-19)8-22-12-16-15-11(20(12)13)9-5-4-7-21-9/h4-5,7H,2-3,6,8,13H2,1H3. The van der Waals surface area contributed by atoms with Gasteiger partial charge in [-0.05, 0) is 29.0 Å². The van der Waals surface area contributed by atoms with Crippen LogP contribution in [0.4, 0.5) is 0 Å². The van der Waals surface area contributed by atoms with Gasteiger partial charge in [0.15, 0.2) is 11.6 Å². The predicted molar refractivity (Wildman–Crippen MR) is 80.2 cm³/mol. The minimum Gasteiger partial charge on any atom is -0.461 e. The summed E-state index contributed by atoms with van der Waals surface area (Å²) in [6, 6.07) is 3.56. The molecule has 3 rings (SSSR count). The second-order valence-electron chi connectivity index (χ2n) is 4.61. The topological polar surface area (TPSA) is 113 Å². The van der Waals surface area contributed by atoms with Crippen molar-refractivity contribution in [2.45, 2.75) is 37.2 Å². The molecule has 0 amide bonds. The van der Waals surface area contributed by atoms with Gasteiger partial charge in [-0.15, -0.1) is 15.3 Å². The Bertz CT molecular complexity index is 719. The van der Waals surface area contributed by atoms with Crippen molar-refractivity contribution in [2.24, 2.45) is 0 Å². The summed E-state index contributed by atoms with van der Waals surface area (Å²) < 4.78 is 8.49. The van der Waals surface area contributed by atoms with Crippen molar-refractivity contribution in [2.75, 3.05) is 5.84 Å². The van der Waals surface area contributed by atoms with Crippen LogP contribution >= 0.6 is 11.8 Å².